The lowest BCUT2D eigenvalue weighted by Crippen LogP contribution is -2.35. The summed E-state index contributed by atoms with van der Waals surface area (Å²) in [6.07, 6.45) is 2.49. The number of ether oxygens (including phenoxy) is 2. The first-order valence-corrected chi connectivity index (χ1v) is 10.6. The minimum absolute atomic E-state index is 0.196. The van der Waals surface area contributed by atoms with Crippen molar-refractivity contribution in [3.63, 3.8) is 0 Å². The fourth-order valence-corrected chi connectivity index (χ4v) is 3.81. The Bertz CT molecular complexity index is 1040. The Hall–Kier alpha value is -3.37. The van der Waals surface area contributed by atoms with Crippen LogP contribution in [0.3, 0.4) is 0 Å². The molecule has 4 rings (SSSR count). The molecule has 1 fully saturated rings. The van der Waals surface area contributed by atoms with Crippen molar-refractivity contribution in [2.75, 3.05) is 20.2 Å². The van der Waals surface area contributed by atoms with Gasteiger partial charge >= 0.3 is 0 Å². The number of nitrogens with zero attached hydrogens (tertiary/aromatic N) is 1. The van der Waals surface area contributed by atoms with Crippen molar-refractivity contribution in [2.24, 2.45) is 0 Å². The number of rotatable bonds is 7. The zero-order chi connectivity index (χ0) is 21.5. The van der Waals surface area contributed by atoms with Crippen LogP contribution in [0.1, 0.15) is 23.1 Å². The van der Waals surface area contributed by atoms with Crippen molar-refractivity contribution in [2.45, 2.75) is 19.6 Å². The van der Waals surface area contributed by atoms with E-state index < -0.39 is 0 Å². The van der Waals surface area contributed by atoms with Crippen LogP contribution in [0.15, 0.2) is 84.4 Å². The summed E-state index contributed by atoms with van der Waals surface area (Å²) < 4.78 is 11.7. The van der Waals surface area contributed by atoms with Crippen LogP contribution in [0.5, 0.6) is 11.5 Å². The van der Waals surface area contributed by atoms with Gasteiger partial charge in [0.15, 0.2) is 17.3 Å². The molecule has 0 amide bonds. The number of carbonyl (C=O) groups is 1. The molecule has 0 spiro atoms. The van der Waals surface area contributed by atoms with Crippen LogP contribution in [0.25, 0.3) is 6.08 Å². The Morgan fingerprint density at radius 2 is 1.61 bits per heavy atom. The van der Waals surface area contributed by atoms with E-state index in [-0.39, 0.29) is 5.78 Å². The van der Waals surface area contributed by atoms with Gasteiger partial charge in [-0.25, -0.2) is 0 Å². The molecule has 4 heteroatoms. The number of para-hydroxylation sites is 1. The molecule has 1 aliphatic rings. The Morgan fingerprint density at radius 1 is 0.903 bits per heavy atom. The molecule has 1 saturated heterocycles. The largest absolute Gasteiger partial charge is 0.493 e. The predicted molar refractivity (Wildman–Crippen MR) is 123 cm³/mol. The van der Waals surface area contributed by atoms with Crippen LogP contribution in [0.4, 0.5) is 0 Å². The summed E-state index contributed by atoms with van der Waals surface area (Å²) in [7, 11) is 1.63. The number of hydrogen-bond acceptors (Lipinski definition) is 4. The number of benzene rings is 3. The van der Waals surface area contributed by atoms with Gasteiger partial charge in [-0.1, -0.05) is 72.8 Å². The normalized spacial score (nSPS) is 15.8. The molecule has 0 unspecified atom stereocenters. The average molecular weight is 414 g/mol. The molecule has 1 aliphatic heterocycles. The average Bonchev–Trinajstić information content (AvgIpc) is 2.81. The molecule has 0 aromatic heterocycles. The summed E-state index contributed by atoms with van der Waals surface area (Å²) in [4.78, 5) is 15.0. The molecular weight excluding hydrogens is 386 g/mol. The maximum atomic E-state index is 12.7. The third-order valence-corrected chi connectivity index (χ3v) is 5.44. The fraction of sp³-hybridized carbons (Fsp3) is 0.222. The minimum Gasteiger partial charge on any atom is -0.493 e. The summed E-state index contributed by atoms with van der Waals surface area (Å²) in [6, 6.07) is 26.2. The summed E-state index contributed by atoms with van der Waals surface area (Å²) in [6.45, 7) is 2.68. The van der Waals surface area contributed by atoms with E-state index in [1.54, 1.807) is 7.11 Å². The van der Waals surface area contributed by atoms with E-state index in [1.807, 2.05) is 72.8 Å². The highest BCUT2D eigenvalue weighted by Crippen LogP contribution is 2.34. The molecule has 0 radical (unpaired) electrons. The number of hydrogen-bond donors (Lipinski definition) is 0. The van der Waals surface area contributed by atoms with Gasteiger partial charge in [-0.2, -0.15) is 0 Å². The third-order valence-electron chi connectivity index (χ3n) is 5.44. The minimum atomic E-state index is 0.196. The van der Waals surface area contributed by atoms with Gasteiger partial charge in [-0.3, -0.25) is 9.69 Å². The van der Waals surface area contributed by atoms with Crippen molar-refractivity contribution in [3.8, 4) is 11.5 Å². The van der Waals surface area contributed by atoms with E-state index in [0.29, 0.717) is 31.1 Å². The van der Waals surface area contributed by atoms with Gasteiger partial charge in [0, 0.05) is 37.2 Å². The molecule has 158 valence electrons. The van der Waals surface area contributed by atoms with Crippen molar-refractivity contribution in [1.82, 2.24) is 4.90 Å². The standard InChI is InChI=1S/C27H27NO3/c1-30-26-14-8-13-23(27(26)31-20-22-11-6-3-7-12-22)17-24-19-28(16-15-25(24)29)18-21-9-4-2-5-10-21/h2-14,17H,15-16,18-20H2,1H3/b24-17+. The molecule has 3 aromatic carbocycles. The van der Waals surface area contributed by atoms with E-state index >= 15 is 0 Å². The Morgan fingerprint density at radius 3 is 2.32 bits per heavy atom. The molecule has 0 saturated carbocycles. The Kier molecular flexibility index (Phi) is 6.80. The first-order chi connectivity index (χ1) is 15.2. The second kappa shape index (κ2) is 10.1. The van der Waals surface area contributed by atoms with Crippen LogP contribution in [-0.4, -0.2) is 30.9 Å². The molecule has 4 nitrogen and oxygen atoms in total. The summed E-state index contributed by atoms with van der Waals surface area (Å²) in [5.74, 6) is 1.52. The number of ketones is 1. The number of likely N-dealkylation sites (tertiary alicyclic amines) is 1. The van der Waals surface area contributed by atoms with Crippen LogP contribution in [0.2, 0.25) is 0 Å². The van der Waals surface area contributed by atoms with E-state index in [2.05, 4.69) is 17.0 Å². The molecule has 0 atom stereocenters. The topological polar surface area (TPSA) is 38.8 Å². The lowest BCUT2D eigenvalue weighted by atomic mass is 9.99. The van der Waals surface area contributed by atoms with Crippen molar-refractivity contribution in [3.05, 3.63) is 101 Å². The van der Waals surface area contributed by atoms with Crippen LogP contribution in [-0.2, 0) is 17.9 Å². The van der Waals surface area contributed by atoms with Gasteiger partial charge in [-0.05, 0) is 23.3 Å². The molecule has 3 aromatic rings. The first kappa shape index (κ1) is 20.9. The zero-order valence-electron chi connectivity index (χ0n) is 17.8. The summed E-state index contributed by atoms with van der Waals surface area (Å²) in [5.41, 5.74) is 4.00. The van der Waals surface area contributed by atoms with Crippen molar-refractivity contribution in [1.29, 1.82) is 0 Å². The maximum Gasteiger partial charge on any atom is 0.168 e. The highest BCUT2D eigenvalue weighted by molar-refractivity contribution is 6.01. The van der Waals surface area contributed by atoms with Gasteiger partial charge in [0.2, 0.25) is 0 Å². The van der Waals surface area contributed by atoms with Crippen LogP contribution < -0.4 is 9.47 Å². The van der Waals surface area contributed by atoms with E-state index in [4.69, 9.17) is 9.47 Å². The number of carbonyl (C=O) groups excluding carboxylic acids is 1. The first-order valence-electron chi connectivity index (χ1n) is 10.6. The predicted octanol–water partition coefficient (Wildman–Crippen LogP) is 5.13. The van der Waals surface area contributed by atoms with Crippen molar-refractivity contribution < 1.29 is 14.3 Å². The summed E-state index contributed by atoms with van der Waals surface area (Å²) in [5, 5.41) is 0. The van der Waals surface area contributed by atoms with E-state index in [0.717, 1.165) is 29.8 Å². The Labute approximate surface area is 183 Å². The summed E-state index contributed by atoms with van der Waals surface area (Å²) >= 11 is 0. The van der Waals surface area contributed by atoms with Gasteiger partial charge < -0.3 is 9.47 Å². The van der Waals surface area contributed by atoms with E-state index in [1.165, 1.54) is 5.56 Å². The smallest absolute Gasteiger partial charge is 0.168 e. The molecule has 0 bridgehead atoms. The second-order valence-electron chi connectivity index (χ2n) is 7.69. The van der Waals surface area contributed by atoms with Crippen LogP contribution in [0, 0.1) is 0 Å². The lowest BCUT2D eigenvalue weighted by molar-refractivity contribution is -0.117. The fourth-order valence-electron chi connectivity index (χ4n) is 3.81. The monoisotopic (exact) mass is 413 g/mol. The third kappa shape index (κ3) is 5.41. The quantitative estimate of drug-likeness (QED) is 0.503. The highest BCUT2D eigenvalue weighted by atomic mass is 16.5. The van der Waals surface area contributed by atoms with Crippen LogP contribution >= 0.6 is 0 Å². The molecule has 1 heterocycles. The number of Topliss-reactive ketones (excluding diaryl/α,β-unsaturated/α-hetero) is 1. The molecule has 0 N–H and O–H groups in total. The van der Waals surface area contributed by atoms with E-state index in [9.17, 15) is 4.79 Å². The number of methoxy groups -OCH3 is 1. The van der Waals surface area contributed by atoms with Crippen molar-refractivity contribution >= 4 is 11.9 Å². The lowest BCUT2D eigenvalue weighted by Gasteiger charge is -2.28. The highest BCUT2D eigenvalue weighted by Gasteiger charge is 2.22. The van der Waals surface area contributed by atoms with Gasteiger partial charge in [0.1, 0.15) is 6.61 Å². The molecular formula is C27H27NO3. The van der Waals surface area contributed by atoms with Gasteiger partial charge in [0.25, 0.3) is 0 Å². The SMILES string of the molecule is COc1cccc(/C=C2\CN(Cc3ccccc3)CCC2=O)c1OCc1ccccc1. The maximum absolute atomic E-state index is 12.7. The molecule has 0 aliphatic carbocycles. The Balaban J connectivity index is 1.56. The van der Waals surface area contributed by atoms with Gasteiger partial charge in [0.05, 0.1) is 7.11 Å². The zero-order valence-corrected chi connectivity index (χ0v) is 17.8. The molecule has 31 heavy (non-hydrogen) atoms. The van der Waals surface area contributed by atoms with Gasteiger partial charge in [-0.15, -0.1) is 0 Å². The number of piperidine rings is 1. The second-order valence-corrected chi connectivity index (χ2v) is 7.69.